The number of hydrogen-bond acceptors (Lipinski definition) is 3. The van der Waals surface area contributed by atoms with Crippen molar-refractivity contribution in [3.05, 3.63) is 241 Å². The van der Waals surface area contributed by atoms with Crippen molar-refractivity contribution >= 4 is 21.9 Å². The fourth-order valence-corrected chi connectivity index (χ4v) is 10.5. The summed E-state index contributed by atoms with van der Waals surface area (Å²) in [4.78, 5) is 11.0. The van der Waals surface area contributed by atoms with Crippen molar-refractivity contribution in [2.75, 3.05) is 0 Å². The molecule has 1 spiro atoms. The number of aromatic nitrogens is 2. The first kappa shape index (κ1) is 34.7. The van der Waals surface area contributed by atoms with Gasteiger partial charge in [-0.3, -0.25) is 0 Å². The molecule has 9 aromatic carbocycles. The Kier molecular flexibility index (Phi) is 7.52. The second-order valence-electron chi connectivity index (χ2n) is 16.4. The summed E-state index contributed by atoms with van der Waals surface area (Å²) in [5.74, 6) is 0.667. The molecule has 3 nitrogen and oxygen atoms in total. The highest BCUT2D eigenvalue weighted by Gasteiger charge is 2.49. The molecule has 2 heterocycles. The average Bonchev–Trinajstić information content (AvgIpc) is 3.84. The van der Waals surface area contributed by atoms with Gasteiger partial charge in [0.25, 0.3) is 0 Å². The summed E-state index contributed by atoms with van der Waals surface area (Å²) in [6.07, 6.45) is 0. The Bertz CT molecular complexity index is 3550. The van der Waals surface area contributed by atoms with Gasteiger partial charge in [-0.2, -0.15) is 0 Å². The summed E-state index contributed by atoms with van der Waals surface area (Å²) in [5, 5.41) is 2.15. The molecule has 0 amide bonds. The Morgan fingerprint density at radius 3 is 1.48 bits per heavy atom. The van der Waals surface area contributed by atoms with Crippen LogP contribution in [0.1, 0.15) is 22.3 Å². The molecule has 11 aromatic rings. The van der Waals surface area contributed by atoms with Crippen LogP contribution in [0, 0.1) is 0 Å². The predicted octanol–water partition coefficient (Wildman–Crippen LogP) is 15.1. The predicted molar refractivity (Wildman–Crippen MR) is 253 cm³/mol. The minimum Gasteiger partial charge on any atom is -0.456 e. The molecule has 3 heteroatoms. The summed E-state index contributed by atoms with van der Waals surface area (Å²) in [7, 11) is 0. The van der Waals surface area contributed by atoms with E-state index in [-0.39, 0.29) is 0 Å². The first-order valence-corrected chi connectivity index (χ1v) is 21.2. The SMILES string of the molecule is c1ccc(-c2ccccc2-c2cc(-c3ccc4oc5ccccc5c4c3)nc(-c3ccc4c(c3)C3(c5ccccc5-c5ccccc5-4)c4ccccc4-c4ccccc43)n2)cc1. The van der Waals surface area contributed by atoms with Crippen LogP contribution in [0.3, 0.4) is 0 Å². The van der Waals surface area contributed by atoms with Crippen LogP contribution in [0.2, 0.25) is 0 Å². The summed E-state index contributed by atoms with van der Waals surface area (Å²) in [5.41, 5.74) is 20.6. The highest BCUT2D eigenvalue weighted by atomic mass is 16.3. The lowest BCUT2D eigenvalue weighted by atomic mass is 9.65. The quantitative estimate of drug-likeness (QED) is 0.178. The van der Waals surface area contributed by atoms with E-state index in [0.29, 0.717) is 5.82 Å². The van der Waals surface area contributed by atoms with Crippen LogP contribution >= 0.6 is 0 Å². The maximum atomic E-state index is 6.27. The van der Waals surface area contributed by atoms with Gasteiger partial charge in [-0.15, -0.1) is 0 Å². The van der Waals surface area contributed by atoms with E-state index < -0.39 is 5.41 Å². The summed E-state index contributed by atoms with van der Waals surface area (Å²) in [6, 6.07) is 78.7. The molecule has 0 fully saturated rings. The van der Waals surface area contributed by atoms with E-state index in [9.17, 15) is 0 Å². The Morgan fingerprint density at radius 2 is 0.790 bits per heavy atom. The number of furan rings is 1. The Morgan fingerprint density at radius 1 is 0.290 bits per heavy atom. The second kappa shape index (κ2) is 13.4. The van der Waals surface area contributed by atoms with E-state index in [2.05, 4.69) is 206 Å². The molecule has 2 aliphatic carbocycles. The molecule has 0 bridgehead atoms. The maximum Gasteiger partial charge on any atom is 0.160 e. The van der Waals surface area contributed by atoms with Gasteiger partial charge in [-0.1, -0.05) is 182 Å². The molecule has 0 atom stereocenters. The molecule has 13 rings (SSSR count). The number of fused-ring (bicyclic) bond motifs is 15. The molecule has 2 aromatic heterocycles. The summed E-state index contributed by atoms with van der Waals surface area (Å²) >= 11 is 0. The first-order valence-electron chi connectivity index (χ1n) is 21.2. The monoisotopic (exact) mass is 788 g/mol. The van der Waals surface area contributed by atoms with E-state index in [1.807, 2.05) is 12.1 Å². The van der Waals surface area contributed by atoms with Gasteiger partial charge in [0.2, 0.25) is 0 Å². The largest absolute Gasteiger partial charge is 0.456 e. The van der Waals surface area contributed by atoms with Gasteiger partial charge in [0.1, 0.15) is 11.2 Å². The van der Waals surface area contributed by atoms with Crippen molar-refractivity contribution < 1.29 is 4.42 Å². The van der Waals surface area contributed by atoms with Crippen LogP contribution in [0.5, 0.6) is 0 Å². The van der Waals surface area contributed by atoms with Crippen molar-refractivity contribution in [3.8, 4) is 78.4 Å². The van der Waals surface area contributed by atoms with Crippen molar-refractivity contribution in [2.24, 2.45) is 0 Å². The van der Waals surface area contributed by atoms with Crippen LogP contribution in [-0.4, -0.2) is 9.97 Å². The highest BCUT2D eigenvalue weighted by Crippen LogP contribution is 2.61. The van der Waals surface area contributed by atoms with Crippen LogP contribution in [0.25, 0.3) is 100 Å². The molecule has 0 N–H and O–H groups in total. The molecule has 0 aliphatic heterocycles. The summed E-state index contributed by atoms with van der Waals surface area (Å²) < 4.78 is 6.27. The Hall–Kier alpha value is -8.14. The minimum absolute atomic E-state index is 0.609. The molecule has 0 radical (unpaired) electrons. The maximum absolute atomic E-state index is 6.27. The molecule has 0 unspecified atom stereocenters. The fraction of sp³-hybridized carbons (Fsp3) is 0.0169. The lowest BCUT2D eigenvalue weighted by Gasteiger charge is -2.35. The van der Waals surface area contributed by atoms with Crippen LogP contribution in [0.4, 0.5) is 0 Å². The lowest BCUT2D eigenvalue weighted by molar-refractivity contribution is 0.669. The van der Waals surface area contributed by atoms with Crippen molar-refractivity contribution in [1.82, 2.24) is 9.97 Å². The third kappa shape index (κ3) is 5.00. The van der Waals surface area contributed by atoms with Gasteiger partial charge in [0, 0.05) is 27.5 Å². The molecule has 0 saturated heterocycles. The fourth-order valence-electron chi connectivity index (χ4n) is 10.5. The number of benzene rings is 9. The molecule has 0 saturated carbocycles. The van der Waals surface area contributed by atoms with Gasteiger partial charge in [0.05, 0.1) is 16.8 Å². The smallest absolute Gasteiger partial charge is 0.160 e. The van der Waals surface area contributed by atoms with E-state index in [0.717, 1.165) is 61.1 Å². The number of rotatable bonds is 4. The normalized spacial score (nSPS) is 13.0. The lowest BCUT2D eigenvalue weighted by Crippen LogP contribution is -2.29. The second-order valence-corrected chi connectivity index (χ2v) is 16.4. The zero-order valence-corrected chi connectivity index (χ0v) is 33.6. The van der Waals surface area contributed by atoms with E-state index >= 15 is 0 Å². The van der Waals surface area contributed by atoms with Gasteiger partial charge in [-0.05, 0) is 103 Å². The average molecular weight is 789 g/mol. The number of nitrogens with zero attached hydrogens (tertiary/aromatic N) is 2. The number of hydrogen-bond donors (Lipinski definition) is 0. The van der Waals surface area contributed by atoms with Gasteiger partial charge in [-0.25, -0.2) is 9.97 Å². The molecular formula is C59H36N2O. The molecule has 288 valence electrons. The van der Waals surface area contributed by atoms with Crippen LogP contribution in [0.15, 0.2) is 223 Å². The number of para-hydroxylation sites is 1. The zero-order chi connectivity index (χ0) is 40.8. The molecule has 2 aliphatic rings. The highest BCUT2D eigenvalue weighted by molar-refractivity contribution is 6.06. The van der Waals surface area contributed by atoms with Crippen LogP contribution < -0.4 is 0 Å². The van der Waals surface area contributed by atoms with Crippen LogP contribution in [-0.2, 0) is 5.41 Å². The topological polar surface area (TPSA) is 38.9 Å². The van der Waals surface area contributed by atoms with E-state index in [4.69, 9.17) is 14.4 Å². The molecular weight excluding hydrogens is 753 g/mol. The Balaban J connectivity index is 1.11. The van der Waals surface area contributed by atoms with Crippen molar-refractivity contribution in [3.63, 3.8) is 0 Å². The van der Waals surface area contributed by atoms with E-state index in [1.165, 1.54) is 55.6 Å². The Labute approximate surface area is 359 Å². The third-order valence-corrected chi connectivity index (χ3v) is 13.2. The van der Waals surface area contributed by atoms with E-state index in [1.54, 1.807) is 0 Å². The van der Waals surface area contributed by atoms with Gasteiger partial charge >= 0.3 is 0 Å². The molecule has 62 heavy (non-hydrogen) atoms. The first-order chi connectivity index (χ1) is 30.7. The van der Waals surface area contributed by atoms with Gasteiger partial charge in [0.15, 0.2) is 5.82 Å². The van der Waals surface area contributed by atoms with Crippen molar-refractivity contribution in [2.45, 2.75) is 5.41 Å². The van der Waals surface area contributed by atoms with Crippen molar-refractivity contribution in [1.29, 1.82) is 0 Å². The minimum atomic E-state index is -0.609. The van der Waals surface area contributed by atoms with Gasteiger partial charge < -0.3 is 4.42 Å². The third-order valence-electron chi connectivity index (χ3n) is 13.2. The zero-order valence-electron chi connectivity index (χ0n) is 33.6. The summed E-state index contributed by atoms with van der Waals surface area (Å²) in [6.45, 7) is 0. The standard InChI is InChI=1S/C59H36N2O/c1-2-16-37(17-3-1)40-18-4-7-24-47(40)55-36-54(38-31-33-57-49(34-38)48-25-11-15-29-56(48)62-57)60-58(61-55)39-30-32-46-42-20-6-5-19-41(42)43-21-8-12-26-50(43)59(53(46)35-39)51-27-13-9-22-44(51)45-23-10-14-28-52(45)59/h1-36H.